The lowest BCUT2D eigenvalue weighted by atomic mass is 9.87. The van der Waals surface area contributed by atoms with Crippen LogP contribution in [-0.4, -0.2) is 35.0 Å². The first-order valence-corrected chi connectivity index (χ1v) is 5.27. The van der Waals surface area contributed by atoms with E-state index in [4.69, 9.17) is 0 Å². The number of carbonyl (C=O) groups excluding carboxylic acids is 1. The third-order valence-electron chi connectivity index (χ3n) is 3.12. The van der Waals surface area contributed by atoms with Crippen LogP contribution in [0.4, 0.5) is 4.39 Å². The fourth-order valence-electron chi connectivity index (χ4n) is 1.79. The molecule has 1 atom stereocenters. The predicted octanol–water partition coefficient (Wildman–Crippen LogP) is 2.18. The van der Waals surface area contributed by atoms with Crippen molar-refractivity contribution in [1.29, 1.82) is 0 Å². The Morgan fingerprint density at radius 2 is 2.07 bits per heavy atom. The number of nitrogens with zero attached hydrogens (tertiary/aromatic N) is 1. The van der Waals surface area contributed by atoms with Gasteiger partial charge in [-0.25, -0.2) is 4.39 Å². The summed E-state index contributed by atoms with van der Waals surface area (Å²) in [6, 6.07) is 0. The van der Waals surface area contributed by atoms with Crippen LogP contribution in [0.15, 0.2) is 0 Å². The fraction of sp³-hybridized carbons (Fsp3) is 0.909. The maximum Gasteiger partial charge on any atom is 0.183 e. The molecule has 1 heterocycles. The molecule has 2 nitrogen and oxygen atoms in total. The van der Waals surface area contributed by atoms with Crippen LogP contribution >= 0.6 is 0 Å². The average Bonchev–Trinajstić information content (AvgIpc) is 2.08. The molecule has 1 fully saturated rings. The second kappa shape index (κ2) is 3.61. The van der Waals surface area contributed by atoms with Crippen molar-refractivity contribution in [2.45, 2.75) is 51.7 Å². The van der Waals surface area contributed by atoms with Gasteiger partial charge in [-0.3, -0.25) is 9.69 Å². The first kappa shape index (κ1) is 11.6. The van der Waals surface area contributed by atoms with Crippen molar-refractivity contribution in [2.75, 3.05) is 13.1 Å². The third kappa shape index (κ3) is 2.14. The Morgan fingerprint density at radius 1 is 1.50 bits per heavy atom. The zero-order valence-corrected chi connectivity index (χ0v) is 9.56. The van der Waals surface area contributed by atoms with Gasteiger partial charge in [0.15, 0.2) is 11.5 Å². The van der Waals surface area contributed by atoms with Gasteiger partial charge in [-0.1, -0.05) is 6.92 Å². The second-order valence-electron chi connectivity index (χ2n) is 5.08. The van der Waals surface area contributed by atoms with Crippen molar-refractivity contribution >= 4 is 5.78 Å². The standard InChI is InChI=1S/C11H20FNO/c1-5-11(12)6-7-13(8-9(11)14)10(2,3)4/h5-8H2,1-4H3. The first-order valence-electron chi connectivity index (χ1n) is 5.27. The summed E-state index contributed by atoms with van der Waals surface area (Å²) in [7, 11) is 0. The molecule has 0 bridgehead atoms. The quantitative estimate of drug-likeness (QED) is 0.648. The Balaban J connectivity index is 2.69. The summed E-state index contributed by atoms with van der Waals surface area (Å²) >= 11 is 0. The number of ketones is 1. The first-order chi connectivity index (χ1) is 6.29. The highest BCUT2D eigenvalue weighted by molar-refractivity contribution is 5.89. The van der Waals surface area contributed by atoms with Crippen molar-refractivity contribution < 1.29 is 9.18 Å². The molecule has 1 rings (SSSR count). The van der Waals surface area contributed by atoms with E-state index in [2.05, 4.69) is 20.8 Å². The molecule has 0 amide bonds. The number of halogens is 1. The molecule has 0 aromatic heterocycles. The maximum absolute atomic E-state index is 13.9. The van der Waals surface area contributed by atoms with Gasteiger partial charge in [0.05, 0.1) is 6.54 Å². The van der Waals surface area contributed by atoms with Crippen molar-refractivity contribution in [3.63, 3.8) is 0 Å². The van der Waals surface area contributed by atoms with Gasteiger partial charge in [-0.05, 0) is 27.2 Å². The summed E-state index contributed by atoms with van der Waals surface area (Å²) in [5.74, 6) is -0.249. The van der Waals surface area contributed by atoms with Gasteiger partial charge >= 0.3 is 0 Å². The lowest BCUT2D eigenvalue weighted by Gasteiger charge is -2.41. The third-order valence-corrected chi connectivity index (χ3v) is 3.12. The summed E-state index contributed by atoms with van der Waals surface area (Å²) in [5, 5.41) is 0. The Kier molecular flexibility index (Phi) is 3.00. The van der Waals surface area contributed by atoms with E-state index in [1.54, 1.807) is 6.92 Å². The number of carbonyl (C=O) groups is 1. The summed E-state index contributed by atoms with van der Waals surface area (Å²) in [4.78, 5) is 13.6. The SMILES string of the molecule is CCC1(F)CCN(C(C)(C)C)CC1=O. The zero-order chi connectivity index (χ0) is 11.0. The molecule has 1 saturated heterocycles. The van der Waals surface area contributed by atoms with Crippen LogP contribution in [0.25, 0.3) is 0 Å². The molecule has 0 radical (unpaired) electrons. The van der Waals surface area contributed by atoms with Gasteiger partial charge in [0.2, 0.25) is 0 Å². The average molecular weight is 201 g/mol. The highest BCUT2D eigenvalue weighted by Crippen LogP contribution is 2.29. The molecule has 3 heteroatoms. The number of piperidine rings is 1. The minimum absolute atomic E-state index is 0.0370. The molecule has 0 aromatic rings. The molecule has 14 heavy (non-hydrogen) atoms. The van der Waals surface area contributed by atoms with Gasteiger partial charge in [0, 0.05) is 18.5 Å². The summed E-state index contributed by atoms with van der Waals surface area (Å²) < 4.78 is 13.9. The smallest absolute Gasteiger partial charge is 0.183 e. The highest BCUT2D eigenvalue weighted by Gasteiger charge is 2.43. The predicted molar refractivity (Wildman–Crippen MR) is 55.1 cm³/mol. The Labute approximate surface area is 85.5 Å². The molecule has 1 unspecified atom stereocenters. The van der Waals surface area contributed by atoms with Crippen LogP contribution in [-0.2, 0) is 4.79 Å². The van der Waals surface area contributed by atoms with Crippen molar-refractivity contribution in [3.05, 3.63) is 0 Å². The van der Waals surface area contributed by atoms with Gasteiger partial charge in [0.1, 0.15) is 0 Å². The Morgan fingerprint density at radius 3 is 2.43 bits per heavy atom. The van der Waals surface area contributed by atoms with Crippen molar-refractivity contribution in [2.24, 2.45) is 0 Å². The largest absolute Gasteiger partial charge is 0.295 e. The van der Waals surface area contributed by atoms with E-state index < -0.39 is 5.67 Å². The molecule has 82 valence electrons. The van der Waals surface area contributed by atoms with Crippen molar-refractivity contribution in [3.8, 4) is 0 Å². The van der Waals surface area contributed by atoms with Gasteiger partial charge < -0.3 is 0 Å². The van der Waals surface area contributed by atoms with E-state index in [-0.39, 0.29) is 17.9 Å². The van der Waals surface area contributed by atoms with Gasteiger partial charge in [-0.2, -0.15) is 0 Å². The molecule has 0 spiro atoms. The van der Waals surface area contributed by atoms with E-state index >= 15 is 0 Å². The lowest BCUT2D eigenvalue weighted by Crippen LogP contribution is -2.55. The van der Waals surface area contributed by atoms with E-state index in [1.165, 1.54) is 0 Å². The molecule has 0 aromatic carbocycles. The number of rotatable bonds is 1. The van der Waals surface area contributed by atoms with E-state index in [9.17, 15) is 9.18 Å². The molecular weight excluding hydrogens is 181 g/mol. The molecular formula is C11H20FNO. The van der Waals surface area contributed by atoms with E-state index in [1.807, 2.05) is 4.90 Å². The minimum atomic E-state index is -1.55. The molecule has 0 N–H and O–H groups in total. The van der Waals surface area contributed by atoms with E-state index in [0.717, 1.165) is 0 Å². The van der Waals surface area contributed by atoms with Crippen LogP contribution in [0.1, 0.15) is 40.5 Å². The topological polar surface area (TPSA) is 20.3 Å². The van der Waals surface area contributed by atoms with Crippen molar-refractivity contribution in [1.82, 2.24) is 4.90 Å². The highest BCUT2D eigenvalue weighted by atomic mass is 19.1. The van der Waals surface area contributed by atoms with Crippen LogP contribution in [0, 0.1) is 0 Å². The number of hydrogen-bond acceptors (Lipinski definition) is 2. The monoisotopic (exact) mass is 201 g/mol. The fourth-order valence-corrected chi connectivity index (χ4v) is 1.79. The van der Waals surface area contributed by atoms with Gasteiger partial charge in [0.25, 0.3) is 0 Å². The number of hydrogen-bond donors (Lipinski definition) is 0. The summed E-state index contributed by atoms with van der Waals surface area (Å²) in [6.45, 7) is 8.84. The molecule has 0 saturated carbocycles. The lowest BCUT2D eigenvalue weighted by molar-refractivity contribution is -0.138. The van der Waals surface area contributed by atoms with Crippen LogP contribution < -0.4 is 0 Å². The molecule has 1 aliphatic rings. The number of Topliss-reactive ketones (excluding diaryl/α,β-unsaturated/α-hetero) is 1. The second-order valence-corrected chi connectivity index (χ2v) is 5.08. The maximum atomic E-state index is 13.9. The molecule has 0 aliphatic carbocycles. The number of alkyl halides is 1. The Bertz CT molecular complexity index is 234. The zero-order valence-electron chi connectivity index (χ0n) is 9.56. The van der Waals surface area contributed by atoms with Crippen LogP contribution in [0.3, 0.4) is 0 Å². The summed E-state index contributed by atoms with van der Waals surface area (Å²) in [5.41, 5.74) is -1.59. The van der Waals surface area contributed by atoms with Crippen LogP contribution in [0.5, 0.6) is 0 Å². The number of likely N-dealkylation sites (tertiary alicyclic amines) is 1. The van der Waals surface area contributed by atoms with Gasteiger partial charge in [-0.15, -0.1) is 0 Å². The minimum Gasteiger partial charge on any atom is -0.295 e. The van der Waals surface area contributed by atoms with Crippen LogP contribution in [0.2, 0.25) is 0 Å². The summed E-state index contributed by atoms with van der Waals surface area (Å²) in [6.07, 6.45) is 0.656. The normalized spacial score (nSPS) is 30.8. The Hall–Kier alpha value is -0.440. The van der Waals surface area contributed by atoms with E-state index in [0.29, 0.717) is 19.4 Å². The molecule has 1 aliphatic heterocycles.